The van der Waals surface area contributed by atoms with Gasteiger partial charge in [0, 0.05) is 31.4 Å². The van der Waals surface area contributed by atoms with E-state index in [-0.39, 0.29) is 4.90 Å². The van der Waals surface area contributed by atoms with Crippen molar-refractivity contribution in [1.29, 1.82) is 0 Å². The molecule has 7 heteroatoms. The standard InChI is InChI=1S/C12H20N4O2S/c1-9-8-16(6-5-15(9)2)11-4-3-10(13)7-12(11)19(14,17)18/h3-4,7,9H,5-6,8,13H2,1-2H3,(H2,14,17,18). The minimum atomic E-state index is -3.77. The van der Waals surface area contributed by atoms with Crippen LogP contribution in [0.3, 0.4) is 0 Å². The second-order valence-electron chi connectivity index (χ2n) is 5.05. The number of sulfonamides is 1. The smallest absolute Gasteiger partial charge is 0.240 e. The van der Waals surface area contributed by atoms with Crippen LogP contribution in [-0.2, 0) is 10.0 Å². The van der Waals surface area contributed by atoms with E-state index in [1.165, 1.54) is 6.07 Å². The second-order valence-corrected chi connectivity index (χ2v) is 6.58. The van der Waals surface area contributed by atoms with Crippen molar-refractivity contribution in [2.75, 3.05) is 37.3 Å². The molecule has 6 nitrogen and oxygen atoms in total. The Morgan fingerprint density at radius 1 is 1.32 bits per heavy atom. The predicted octanol–water partition coefficient (Wildman–Crippen LogP) is 0.0565. The van der Waals surface area contributed by atoms with E-state index in [4.69, 9.17) is 10.9 Å². The van der Waals surface area contributed by atoms with E-state index < -0.39 is 10.0 Å². The molecule has 1 aromatic rings. The van der Waals surface area contributed by atoms with Gasteiger partial charge in [-0.15, -0.1) is 0 Å². The van der Waals surface area contributed by atoms with Crippen LogP contribution in [-0.4, -0.2) is 46.0 Å². The van der Waals surface area contributed by atoms with E-state index >= 15 is 0 Å². The van der Waals surface area contributed by atoms with Crippen LogP contribution in [0.4, 0.5) is 11.4 Å². The van der Waals surface area contributed by atoms with Crippen molar-refractivity contribution in [3.8, 4) is 0 Å². The van der Waals surface area contributed by atoms with E-state index in [1.54, 1.807) is 12.1 Å². The third kappa shape index (κ3) is 2.99. The molecule has 1 fully saturated rings. The summed E-state index contributed by atoms with van der Waals surface area (Å²) < 4.78 is 23.4. The summed E-state index contributed by atoms with van der Waals surface area (Å²) in [5.41, 5.74) is 6.69. The van der Waals surface area contributed by atoms with Gasteiger partial charge in [-0.1, -0.05) is 0 Å². The Labute approximate surface area is 114 Å². The average Bonchev–Trinajstić information content (AvgIpc) is 2.32. The highest BCUT2D eigenvalue weighted by molar-refractivity contribution is 7.89. The average molecular weight is 284 g/mol. The second kappa shape index (κ2) is 4.99. The molecule has 1 saturated heterocycles. The number of hydrogen-bond acceptors (Lipinski definition) is 5. The number of piperazine rings is 1. The monoisotopic (exact) mass is 284 g/mol. The highest BCUT2D eigenvalue weighted by Crippen LogP contribution is 2.28. The first-order valence-electron chi connectivity index (χ1n) is 6.16. The van der Waals surface area contributed by atoms with E-state index in [2.05, 4.69) is 18.9 Å². The number of primary sulfonamides is 1. The zero-order valence-electron chi connectivity index (χ0n) is 11.2. The number of benzene rings is 1. The number of hydrogen-bond donors (Lipinski definition) is 2. The molecule has 4 N–H and O–H groups in total. The minimum absolute atomic E-state index is 0.101. The Bertz CT molecular complexity index is 573. The maximum atomic E-state index is 11.7. The number of nitrogens with two attached hydrogens (primary N) is 2. The Hall–Kier alpha value is -1.31. The van der Waals surface area contributed by atoms with Crippen LogP contribution >= 0.6 is 0 Å². The van der Waals surface area contributed by atoms with Gasteiger partial charge < -0.3 is 15.5 Å². The lowest BCUT2D eigenvalue weighted by Gasteiger charge is -2.39. The number of likely N-dealkylation sites (N-methyl/N-ethyl adjacent to an activating group) is 1. The Kier molecular flexibility index (Phi) is 3.71. The van der Waals surface area contributed by atoms with Crippen LogP contribution in [0.1, 0.15) is 6.92 Å². The number of nitrogen functional groups attached to an aromatic ring is 1. The lowest BCUT2D eigenvalue weighted by Crippen LogP contribution is -2.50. The topological polar surface area (TPSA) is 92.7 Å². The van der Waals surface area contributed by atoms with Gasteiger partial charge in [-0.2, -0.15) is 0 Å². The summed E-state index contributed by atoms with van der Waals surface area (Å²) in [6.07, 6.45) is 0. The first-order valence-corrected chi connectivity index (χ1v) is 7.71. The maximum Gasteiger partial charge on any atom is 0.240 e. The molecule has 1 unspecified atom stereocenters. The quantitative estimate of drug-likeness (QED) is 0.749. The predicted molar refractivity (Wildman–Crippen MR) is 76.5 cm³/mol. The van der Waals surface area contributed by atoms with E-state index in [9.17, 15) is 8.42 Å². The molecule has 0 aromatic heterocycles. The summed E-state index contributed by atoms with van der Waals surface area (Å²) in [4.78, 5) is 4.39. The number of nitrogens with zero attached hydrogens (tertiary/aromatic N) is 2. The molecule has 2 rings (SSSR count). The summed E-state index contributed by atoms with van der Waals surface area (Å²) >= 11 is 0. The van der Waals surface area contributed by atoms with Crippen molar-refractivity contribution in [1.82, 2.24) is 4.90 Å². The van der Waals surface area contributed by atoms with Crippen LogP contribution in [0.5, 0.6) is 0 Å². The summed E-state index contributed by atoms with van der Waals surface area (Å²) in [6, 6.07) is 5.22. The zero-order chi connectivity index (χ0) is 14.2. The Morgan fingerprint density at radius 2 is 2.00 bits per heavy atom. The number of anilines is 2. The van der Waals surface area contributed by atoms with Crippen molar-refractivity contribution in [3.05, 3.63) is 18.2 Å². The van der Waals surface area contributed by atoms with E-state index in [0.717, 1.165) is 19.6 Å². The first-order chi connectivity index (χ1) is 8.79. The molecule has 0 radical (unpaired) electrons. The molecular weight excluding hydrogens is 264 g/mol. The van der Waals surface area contributed by atoms with Crippen LogP contribution < -0.4 is 15.8 Å². The molecule has 1 aromatic carbocycles. The van der Waals surface area contributed by atoms with E-state index in [0.29, 0.717) is 17.4 Å². The fraction of sp³-hybridized carbons (Fsp3) is 0.500. The highest BCUT2D eigenvalue weighted by atomic mass is 32.2. The third-order valence-electron chi connectivity index (χ3n) is 3.59. The van der Waals surface area contributed by atoms with Crippen molar-refractivity contribution in [2.24, 2.45) is 5.14 Å². The molecule has 0 saturated carbocycles. The summed E-state index contributed by atoms with van der Waals surface area (Å²) in [5, 5.41) is 5.27. The van der Waals surface area contributed by atoms with Crippen molar-refractivity contribution >= 4 is 21.4 Å². The molecule has 0 bridgehead atoms. The SMILES string of the molecule is CC1CN(c2ccc(N)cc2S(N)(=O)=O)CCN1C. The fourth-order valence-corrected chi connectivity index (χ4v) is 3.08. The summed E-state index contributed by atoms with van der Waals surface area (Å²) in [5.74, 6) is 0. The largest absolute Gasteiger partial charge is 0.399 e. The van der Waals surface area contributed by atoms with Gasteiger partial charge in [0.2, 0.25) is 10.0 Å². The van der Waals surface area contributed by atoms with Crippen LogP contribution in [0.2, 0.25) is 0 Å². The molecule has 1 aliphatic heterocycles. The molecule has 19 heavy (non-hydrogen) atoms. The Balaban J connectivity index is 2.40. The molecule has 1 atom stereocenters. The minimum Gasteiger partial charge on any atom is -0.399 e. The Morgan fingerprint density at radius 3 is 2.58 bits per heavy atom. The van der Waals surface area contributed by atoms with Crippen molar-refractivity contribution in [2.45, 2.75) is 17.9 Å². The van der Waals surface area contributed by atoms with Gasteiger partial charge in [0.05, 0.1) is 5.69 Å². The van der Waals surface area contributed by atoms with Gasteiger partial charge in [-0.25, -0.2) is 13.6 Å². The molecular formula is C12H20N4O2S. The van der Waals surface area contributed by atoms with Gasteiger partial charge >= 0.3 is 0 Å². The molecule has 0 spiro atoms. The highest BCUT2D eigenvalue weighted by Gasteiger charge is 2.25. The lowest BCUT2D eigenvalue weighted by molar-refractivity contribution is 0.233. The van der Waals surface area contributed by atoms with Gasteiger partial charge in [0.15, 0.2) is 0 Å². The van der Waals surface area contributed by atoms with Gasteiger partial charge in [-0.3, -0.25) is 0 Å². The summed E-state index contributed by atoms with van der Waals surface area (Å²) in [6.45, 7) is 4.53. The van der Waals surface area contributed by atoms with Crippen LogP contribution in [0, 0.1) is 0 Å². The molecule has 0 aliphatic carbocycles. The first kappa shape index (κ1) is 14.1. The molecule has 1 heterocycles. The van der Waals surface area contributed by atoms with Crippen LogP contribution in [0.25, 0.3) is 0 Å². The molecule has 0 amide bonds. The van der Waals surface area contributed by atoms with E-state index in [1.807, 2.05) is 4.90 Å². The molecule has 106 valence electrons. The van der Waals surface area contributed by atoms with Crippen LogP contribution in [0.15, 0.2) is 23.1 Å². The third-order valence-corrected chi connectivity index (χ3v) is 4.53. The van der Waals surface area contributed by atoms with Gasteiger partial charge in [0.25, 0.3) is 0 Å². The fourth-order valence-electron chi connectivity index (χ4n) is 2.29. The van der Waals surface area contributed by atoms with Crippen molar-refractivity contribution in [3.63, 3.8) is 0 Å². The normalized spacial score (nSPS) is 21.6. The zero-order valence-corrected chi connectivity index (χ0v) is 12.0. The molecule has 1 aliphatic rings. The summed E-state index contributed by atoms with van der Waals surface area (Å²) in [7, 11) is -1.71. The van der Waals surface area contributed by atoms with Gasteiger partial charge in [0.1, 0.15) is 4.90 Å². The number of rotatable bonds is 2. The van der Waals surface area contributed by atoms with Crippen molar-refractivity contribution < 1.29 is 8.42 Å². The van der Waals surface area contributed by atoms with Gasteiger partial charge in [-0.05, 0) is 32.2 Å². The maximum absolute atomic E-state index is 11.7. The lowest BCUT2D eigenvalue weighted by atomic mass is 10.1.